The topological polar surface area (TPSA) is 99.3 Å². The molecule has 1 amide bonds. The van der Waals surface area contributed by atoms with Crippen LogP contribution in [0.1, 0.15) is 16.2 Å². The van der Waals surface area contributed by atoms with Crippen molar-refractivity contribution in [2.45, 2.75) is 6.18 Å². The van der Waals surface area contributed by atoms with Gasteiger partial charge in [0.15, 0.2) is 11.4 Å². The minimum Gasteiger partial charge on any atom is -0.496 e. The number of nitro benzene ring substituents is 1. The lowest BCUT2D eigenvalue weighted by Crippen LogP contribution is -2.14. The highest BCUT2D eigenvalue weighted by Crippen LogP contribution is 2.36. The molecule has 1 N–H and O–H groups in total. The number of nitrogens with one attached hydrogen (secondary N) is 1. The zero-order valence-electron chi connectivity index (χ0n) is 12.7. The first kappa shape index (κ1) is 18.5. The van der Waals surface area contributed by atoms with Crippen LogP contribution in [0.25, 0.3) is 0 Å². The number of hydrogen-bond acceptors (Lipinski definition) is 5. The molecule has 134 valence electrons. The average Bonchev–Trinajstić information content (AvgIpc) is 2.82. The average molecular weight is 379 g/mol. The van der Waals surface area contributed by atoms with E-state index in [4.69, 9.17) is 16.3 Å². The van der Waals surface area contributed by atoms with Crippen LogP contribution in [0.15, 0.2) is 18.2 Å². The largest absolute Gasteiger partial charge is 0.496 e. The fraction of sp³-hybridized carbons (Fsp3) is 0.231. The number of nitro groups is 1. The number of alkyl halides is 3. The standard InChI is InChI=1S/C13H10ClF3N4O4/c1-20-11(13(15,16)17)9(14)10(19-20)12(22)18-7-4-3-6(25-2)5-8(7)21(23)24/h3-5H,1-2H3,(H,18,22). The summed E-state index contributed by atoms with van der Waals surface area (Å²) in [7, 11) is 2.27. The molecule has 1 heterocycles. The molecule has 2 aromatic rings. The minimum atomic E-state index is -4.82. The number of carbonyl (C=O) groups is 1. The summed E-state index contributed by atoms with van der Waals surface area (Å²) in [6.07, 6.45) is -4.82. The Kier molecular flexibility index (Phi) is 4.88. The molecule has 0 unspecified atom stereocenters. The monoisotopic (exact) mass is 378 g/mol. The summed E-state index contributed by atoms with van der Waals surface area (Å²) in [5, 5.41) is 15.7. The Labute approximate surface area is 143 Å². The predicted octanol–water partition coefficient (Wildman–Crippen LogP) is 3.26. The predicted molar refractivity (Wildman–Crippen MR) is 80.8 cm³/mol. The summed E-state index contributed by atoms with van der Waals surface area (Å²) in [4.78, 5) is 22.5. The van der Waals surface area contributed by atoms with Crippen LogP contribution in [-0.2, 0) is 13.2 Å². The number of amides is 1. The summed E-state index contributed by atoms with van der Waals surface area (Å²) in [6.45, 7) is 0. The Hall–Kier alpha value is -2.82. The highest BCUT2D eigenvalue weighted by molar-refractivity contribution is 6.34. The van der Waals surface area contributed by atoms with Gasteiger partial charge in [0.2, 0.25) is 0 Å². The molecule has 0 atom stereocenters. The second-order valence-corrected chi connectivity index (χ2v) is 5.10. The highest BCUT2D eigenvalue weighted by atomic mass is 35.5. The van der Waals surface area contributed by atoms with Crippen LogP contribution in [0.5, 0.6) is 5.75 Å². The van der Waals surface area contributed by atoms with Gasteiger partial charge in [-0.15, -0.1) is 0 Å². The second kappa shape index (κ2) is 6.59. The molecular formula is C13H10ClF3N4O4. The number of anilines is 1. The van der Waals surface area contributed by atoms with Crippen molar-refractivity contribution in [2.24, 2.45) is 7.05 Å². The molecule has 0 saturated heterocycles. The molecule has 0 bridgehead atoms. The molecule has 0 aliphatic rings. The number of rotatable bonds is 4. The Balaban J connectivity index is 2.40. The fourth-order valence-corrected chi connectivity index (χ4v) is 2.38. The summed E-state index contributed by atoms with van der Waals surface area (Å²) in [6, 6.07) is 3.57. The number of carbonyl (C=O) groups excluding carboxylic acids is 1. The normalized spacial score (nSPS) is 11.3. The first-order valence-electron chi connectivity index (χ1n) is 6.49. The molecule has 0 aliphatic heterocycles. The van der Waals surface area contributed by atoms with Gasteiger partial charge in [0.1, 0.15) is 16.5 Å². The van der Waals surface area contributed by atoms with Gasteiger partial charge in [0.25, 0.3) is 11.6 Å². The van der Waals surface area contributed by atoms with E-state index >= 15 is 0 Å². The van der Waals surface area contributed by atoms with E-state index in [1.165, 1.54) is 19.2 Å². The number of aryl methyl sites for hydroxylation is 1. The van der Waals surface area contributed by atoms with Gasteiger partial charge in [0, 0.05) is 7.05 Å². The highest BCUT2D eigenvalue weighted by Gasteiger charge is 2.40. The number of methoxy groups -OCH3 is 1. The van der Waals surface area contributed by atoms with Crippen molar-refractivity contribution in [3.05, 3.63) is 44.7 Å². The molecular weight excluding hydrogens is 369 g/mol. The quantitative estimate of drug-likeness (QED) is 0.650. The molecule has 0 fully saturated rings. The van der Waals surface area contributed by atoms with E-state index in [-0.39, 0.29) is 11.4 Å². The van der Waals surface area contributed by atoms with Crippen molar-refractivity contribution >= 4 is 28.9 Å². The van der Waals surface area contributed by atoms with Gasteiger partial charge in [-0.25, -0.2) is 0 Å². The van der Waals surface area contributed by atoms with E-state index in [1.807, 2.05) is 0 Å². The molecule has 12 heteroatoms. The van der Waals surface area contributed by atoms with Crippen LogP contribution in [0.4, 0.5) is 24.5 Å². The Morgan fingerprint density at radius 1 is 1.44 bits per heavy atom. The van der Waals surface area contributed by atoms with Gasteiger partial charge in [-0.1, -0.05) is 11.6 Å². The van der Waals surface area contributed by atoms with E-state index in [2.05, 4.69) is 10.4 Å². The zero-order chi connectivity index (χ0) is 18.9. The van der Waals surface area contributed by atoms with Gasteiger partial charge in [-0.2, -0.15) is 18.3 Å². The third kappa shape index (κ3) is 3.65. The maximum atomic E-state index is 12.9. The van der Waals surface area contributed by atoms with Gasteiger partial charge in [-0.05, 0) is 12.1 Å². The van der Waals surface area contributed by atoms with Crippen LogP contribution >= 0.6 is 11.6 Å². The Morgan fingerprint density at radius 2 is 2.08 bits per heavy atom. The van der Waals surface area contributed by atoms with E-state index < -0.39 is 39.1 Å². The van der Waals surface area contributed by atoms with Gasteiger partial charge in [-0.3, -0.25) is 19.6 Å². The van der Waals surface area contributed by atoms with Gasteiger partial charge in [0.05, 0.1) is 18.1 Å². The molecule has 1 aromatic heterocycles. The smallest absolute Gasteiger partial charge is 0.434 e. The van der Waals surface area contributed by atoms with Crippen molar-refractivity contribution < 1.29 is 27.6 Å². The number of hydrogen-bond donors (Lipinski definition) is 1. The van der Waals surface area contributed by atoms with Gasteiger partial charge >= 0.3 is 6.18 Å². The SMILES string of the molecule is COc1ccc(NC(=O)c2nn(C)c(C(F)(F)F)c2Cl)c([N+](=O)[O-])c1. The lowest BCUT2D eigenvalue weighted by molar-refractivity contribution is -0.384. The third-order valence-electron chi connectivity index (χ3n) is 3.12. The second-order valence-electron chi connectivity index (χ2n) is 4.73. The Morgan fingerprint density at radius 3 is 2.56 bits per heavy atom. The number of halogens is 4. The molecule has 2 rings (SSSR count). The van der Waals surface area contributed by atoms with E-state index in [0.29, 0.717) is 4.68 Å². The number of ether oxygens (including phenoxy) is 1. The van der Waals surface area contributed by atoms with Crippen LogP contribution in [0.3, 0.4) is 0 Å². The molecule has 1 aromatic carbocycles. The van der Waals surface area contributed by atoms with Gasteiger partial charge < -0.3 is 10.1 Å². The minimum absolute atomic E-state index is 0.167. The maximum Gasteiger partial charge on any atom is 0.434 e. The molecule has 0 spiro atoms. The third-order valence-corrected chi connectivity index (χ3v) is 3.48. The van der Waals surface area contributed by atoms with Crippen LogP contribution < -0.4 is 10.1 Å². The fourth-order valence-electron chi connectivity index (χ4n) is 2.03. The van der Waals surface area contributed by atoms with Crippen LogP contribution in [0, 0.1) is 10.1 Å². The number of nitrogens with zero attached hydrogens (tertiary/aromatic N) is 3. The van der Waals surface area contributed by atoms with Crippen molar-refractivity contribution in [3.8, 4) is 5.75 Å². The van der Waals surface area contributed by atoms with Crippen LogP contribution in [-0.4, -0.2) is 27.7 Å². The van der Waals surface area contributed by atoms with Crippen molar-refractivity contribution in [3.63, 3.8) is 0 Å². The lowest BCUT2D eigenvalue weighted by atomic mass is 10.2. The molecule has 8 nitrogen and oxygen atoms in total. The molecule has 0 aliphatic carbocycles. The van der Waals surface area contributed by atoms with Crippen LogP contribution in [0.2, 0.25) is 5.02 Å². The van der Waals surface area contributed by atoms with Crippen molar-refractivity contribution in [1.82, 2.24) is 9.78 Å². The van der Waals surface area contributed by atoms with E-state index in [0.717, 1.165) is 13.1 Å². The summed E-state index contributed by atoms with van der Waals surface area (Å²) in [5.41, 5.74) is -2.76. The van der Waals surface area contributed by atoms with E-state index in [1.54, 1.807) is 0 Å². The first-order valence-corrected chi connectivity index (χ1v) is 6.87. The van der Waals surface area contributed by atoms with E-state index in [9.17, 15) is 28.1 Å². The lowest BCUT2D eigenvalue weighted by Gasteiger charge is -2.07. The summed E-state index contributed by atoms with van der Waals surface area (Å²) < 4.78 is 43.9. The number of aromatic nitrogens is 2. The molecule has 0 saturated carbocycles. The first-order chi connectivity index (χ1) is 11.6. The summed E-state index contributed by atoms with van der Waals surface area (Å²) >= 11 is 5.61. The molecule has 0 radical (unpaired) electrons. The molecule has 25 heavy (non-hydrogen) atoms. The summed E-state index contributed by atoms with van der Waals surface area (Å²) in [5.74, 6) is -0.954. The number of benzene rings is 1. The Bertz CT molecular complexity index is 851. The van der Waals surface area contributed by atoms with Crippen molar-refractivity contribution in [1.29, 1.82) is 0 Å². The van der Waals surface area contributed by atoms with Crippen molar-refractivity contribution in [2.75, 3.05) is 12.4 Å². The maximum absolute atomic E-state index is 12.9. The zero-order valence-corrected chi connectivity index (χ0v) is 13.5.